The Hall–Kier alpha value is -2.46. The highest BCUT2D eigenvalue weighted by atomic mass is 35.5. The lowest BCUT2D eigenvalue weighted by Crippen LogP contribution is -2.48. The minimum atomic E-state index is -0.312. The Labute approximate surface area is 214 Å². The maximum absolute atomic E-state index is 12.4. The number of ether oxygens (including phenoxy) is 2. The lowest BCUT2D eigenvalue weighted by atomic mass is 9.69. The number of anilines is 1. The molecule has 35 heavy (non-hydrogen) atoms. The second-order valence-corrected chi connectivity index (χ2v) is 10.9. The fourth-order valence-corrected chi connectivity index (χ4v) is 6.35. The van der Waals surface area contributed by atoms with Crippen LogP contribution in [-0.2, 0) is 16.6 Å². The van der Waals surface area contributed by atoms with Crippen molar-refractivity contribution in [2.24, 2.45) is 11.8 Å². The molecule has 2 aromatic carbocycles. The number of aryl methyl sites for hydroxylation is 1. The van der Waals surface area contributed by atoms with Gasteiger partial charge in [0.25, 0.3) is 0 Å². The maximum Gasteiger partial charge on any atom is 0.337 e. The largest absolute Gasteiger partial charge is 0.490 e. The van der Waals surface area contributed by atoms with Gasteiger partial charge >= 0.3 is 5.97 Å². The van der Waals surface area contributed by atoms with Gasteiger partial charge in [-0.2, -0.15) is 0 Å². The van der Waals surface area contributed by atoms with Crippen LogP contribution >= 0.6 is 11.6 Å². The molecule has 0 bridgehead atoms. The first-order chi connectivity index (χ1) is 17.0. The van der Waals surface area contributed by atoms with Crippen LogP contribution in [0.4, 0.5) is 5.69 Å². The van der Waals surface area contributed by atoms with Crippen LogP contribution in [0.2, 0.25) is 5.02 Å². The Morgan fingerprint density at radius 2 is 2.14 bits per heavy atom. The summed E-state index contributed by atoms with van der Waals surface area (Å²) in [5.74, 6) is 1.79. The van der Waals surface area contributed by atoms with E-state index in [-0.39, 0.29) is 11.4 Å². The average Bonchev–Trinajstić information content (AvgIpc) is 3.01. The van der Waals surface area contributed by atoms with Crippen LogP contribution in [0.1, 0.15) is 66.9 Å². The fourth-order valence-electron chi connectivity index (χ4n) is 6.15. The molecule has 1 aliphatic heterocycles. The molecule has 1 spiro atoms. The number of rotatable bonds is 6. The predicted octanol–water partition coefficient (Wildman–Crippen LogP) is 6.98. The summed E-state index contributed by atoms with van der Waals surface area (Å²) in [6.07, 6.45) is 12.9. The number of fused-ring (bicyclic) bond motifs is 3. The highest BCUT2D eigenvalue weighted by molar-refractivity contribution is 6.30. The van der Waals surface area contributed by atoms with E-state index >= 15 is 0 Å². The molecule has 2 aromatic rings. The van der Waals surface area contributed by atoms with Crippen LogP contribution in [0, 0.1) is 11.8 Å². The van der Waals surface area contributed by atoms with Gasteiger partial charge in [-0.3, -0.25) is 0 Å². The first-order valence-electron chi connectivity index (χ1n) is 13.1. The summed E-state index contributed by atoms with van der Waals surface area (Å²) >= 11 is 6.37. The number of carbonyl (C=O) groups is 1. The number of unbranched alkanes of at least 4 members (excludes halogenated alkanes) is 1. The molecule has 0 amide bonds. The van der Waals surface area contributed by atoms with Crippen molar-refractivity contribution < 1.29 is 14.3 Å². The SMILES string of the molecule is CCC/C=C/[C@H]1CC[C@@H]1CN1CC2(CCCc3cc(Cl)ccc32)COc2ccc(C(=O)OC)cc21. The number of benzene rings is 2. The van der Waals surface area contributed by atoms with Crippen molar-refractivity contribution in [3.63, 3.8) is 0 Å². The van der Waals surface area contributed by atoms with Crippen LogP contribution < -0.4 is 9.64 Å². The van der Waals surface area contributed by atoms with Gasteiger partial charge in [0.15, 0.2) is 0 Å². The van der Waals surface area contributed by atoms with E-state index in [9.17, 15) is 4.79 Å². The van der Waals surface area contributed by atoms with Gasteiger partial charge in [-0.1, -0.05) is 43.2 Å². The molecule has 5 rings (SSSR count). The van der Waals surface area contributed by atoms with Gasteiger partial charge in [-0.15, -0.1) is 0 Å². The number of methoxy groups -OCH3 is 1. The second-order valence-electron chi connectivity index (χ2n) is 10.5. The number of allylic oxidation sites excluding steroid dienone is 2. The molecule has 4 nitrogen and oxygen atoms in total. The summed E-state index contributed by atoms with van der Waals surface area (Å²) in [5, 5.41) is 0.800. The Morgan fingerprint density at radius 3 is 2.91 bits per heavy atom. The Bertz CT molecular complexity index is 1110. The third kappa shape index (κ3) is 4.82. The lowest BCUT2D eigenvalue weighted by molar-refractivity contribution is 0.0600. The van der Waals surface area contributed by atoms with E-state index in [0.29, 0.717) is 24.0 Å². The molecular formula is C30H36ClNO3. The van der Waals surface area contributed by atoms with E-state index in [1.54, 1.807) is 0 Å². The number of hydrogen-bond acceptors (Lipinski definition) is 4. The minimum Gasteiger partial charge on any atom is -0.490 e. The number of halogens is 1. The fraction of sp³-hybridized carbons (Fsp3) is 0.500. The normalized spacial score (nSPS) is 25.4. The van der Waals surface area contributed by atoms with Crippen molar-refractivity contribution in [1.29, 1.82) is 0 Å². The summed E-state index contributed by atoms with van der Waals surface area (Å²) in [7, 11) is 1.43. The molecule has 0 N–H and O–H groups in total. The van der Waals surface area contributed by atoms with Crippen LogP contribution in [0.3, 0.4) is 0 Å². The molecule has 1 heterocycles. The van der Waals surface area contributed by atoms with Crippen molar-refractivity contribution in [2.75, 3.05) is 31.7 Å². The van der Waals surface area contributed by atoms with Gasteiger partial charge < -0.3 is 14.4 Å². The van der Waals surface area contributed by atoms with Crippen molar-refractivity contribution in [2.45, 2.75) is 57.3 Å². The quantitative estimate of drug-likeness (QED) is 0.321. The summed E-state index contributed by atoms with van der Waals surface area (Å²) in [6.45, 7) is 4.70. The summed E-state index contributed by atoms with van der Waals surface area (Å²) < 4.78 is 11.6. The topological polar surface area (TPSA) is 38.8 Å². The van der Waals surface area contributed by atoms with E-state index in [4.69, 9.17) is 21.1 Å². The first-order valence-corrected chi connectivity index (χ1v) is 13.5. The summed E-state index contributed by atoms with van der Waals surface area (Å²) in [4.78, 5) is 14.9. The molecule has 3 aliphatic rings. The van der Waals surface area contributed by atoms with Gasteiger partial charge in [0.1, 0.15) is 5.75 Å². The Balaban J connectivity index is 1.51. The molecule has 0 radical (unpaired) electrons. The van der Waals surface area contributed by atoms with Crippen LogP contribution in [-0.4, -0.2) is 32.8 Å². The molecule has 0 saturated heterocycles. The standard InChI is InChI=1S/C30H36ClNO3/c1-3-4-5-7-21-9-10-24(21)18-32-19-30(15-6-8-22-16-25(31)12-13-26(22)30)20-35-28-14-11-23(17-27(28)32)29(33)34-2/h5,7,11-14,16-17,21,24H,3-4,6,8-10,15,18-20H2,1-2H3/b7-5+/t21-,24+,30?/m0/s1. The second kappa shape index (κ2) is 10.3. The van der Waals surface area contributed by atoms with Crippen LogP contribution in [0.5, 0.6) is 5.75 Å². The monoisotopic (exact) mass is 493 g/mol. The third-order valence-electron chi connectivity index (χ3n) is 8.23. The van der Waals surface area contributed by atoms with E-state index in [1.165, 1.54) is 37.5 Å². The van der Waals surface area contributed by atoms with Crippen molar-refractivity contribution >= 4 is 23.3 Å². The van der Waals surface area contributed by atoms with E-state index < -0.39 is 0 Å². The van der Waals surface area contributed by atoms with E-state index in [2.05, 4.69) is 36.1 Å². The van der Waals surface area contributed by atoms with Gasteiger partial charge in [0.2, 0.25) is 0 Å². The lowest BCUT2D eigenvalue weighted by Gasteiger charge is -2.44. The molecular weight excluding hydrogens is 458 g/mol. The summed E-state index contributed by atoms with van der Waals surface area (Å²) in [5.41, 5.74) is 4.19. The molecule has 5 heteroatoms. The van der Waals surface area contributed by atoms with Gasteiger partial charge in [0, 0.05) is 23.5 Å². The van der Waals surface area contributed by atoms with Crippen molar-refractivity contribution in [3.05, 3.63) is 70.3 Å². The zero-order chi connectivity index (χ0) is 24.4. The number of nitrogens with zero attached hydrogens (tertiary/aromatic N) is 1. The zero-order valence-electron chi connectivity index (χ0n) is 20.9. The molecule has 1 unspecified atom stereocenters. The van der Waals surface area contributed by atoms with Crippen LogP contribution in [0.25, 0.3) is 0 Å². The molecule has 1 fully saturated rings. The maximum atomic E-state index is 12.4. The first kappa shape index (κ1) is 24.2. The number of hydrogen-bond donors (Lipinski definition) is 0. The van der Waals surface area contributed by atoms with E-state index in [0.717, 1.165) is 55.2 Å². The molecule has 2 aliphatic carbocycles. The van der Waals surface area contributed by atoms with E-state index in [1.807, 2.05) is 24.3 Å². The van der Waals surface area contributed by atoms with Crippen molar-refractivity contribution in [3.8, 4) is 5.75 Å². The Morgan fingerprint density at radius 1 is 1.26 bits per heavy atom. The number of esters is 1. The Kier molecular flexibility index (Phi) is 7.11. The average molecular weight is 494 g/mol. The van der Waals surface area contributed by atoms with Gasteiger partial charge in [-0.25, -0.2) is 4.79 Å². The molecule has 186 valence electrons. The van der Waals surface area contributed by atoms with Gasteiger partial charge in [0.05, 0.1) is 25.0 Å². The van der Waals surface area contributed by atoms with Gasteiger partial charge in [-0.05, 0) is 91.8 Å². The zero-order valence-corrected chi connectivity index (χ0v) is 21.7. The summed E-state index contributed by atoms with van der Waals surface area (Å²) in [6, 6.07) is 12.1. The molecule has 3 atom stereocenters. The smallest absolute Gasteiger partial charge is 0.337 e. The predicted molar refractivity (Wildman–Crippen MR) is 142 cm³/mol. The molecule has 0 aromatic heterocycles. The number of carbonyl (C=O) groups excluding carboxylic acids is 1. The highest BCUT2D eigenvalue weighted by Crippen LogP contribution is 2.46. The van der Waals surface area contributed by atoms with Crippen LogP contribution in [0.15, 0.2) is 48.6 Å². The van der Waals surface area contributed by atoms with Crippen molar-refractivity contribution in [1.82, 2.24) is 0 Å². The third-order valence-corrected chi connectivity index (χ3v) is 8.46. The molecule has 1 saturated carbocycles. The highest BCUT2D eigenvalue weighted by Gasteiger charge is 2.43. The minimum absolute atomic E-state index is 0.0973.